The van der Waals surface area contributed by atoms with Crippen LogP contribution in [-0.2, 0) is 11.8 Å². The van der Waals surface area contributed by atoms with Crippen LogP contribution in [0.1, 0.15) is 11.7 Å². The van der Waals surface area contributed by atoms with Gasteiger partial charge in [0.25, 0.3) is 0 Å². The number of halogens is 1. The van der Waals surface area contributed by atoms with Gasteiger partial charge in [-0.05, 0) is 18.2 Å². The van der Waals surface area contributed by atoms with Gasteiger partial charge < -0.3 is 15.0 Å². The minimum atomic E-state index is -0.974. The summed E-state index contributed by atoms with van der Waals surface area (Å²) in [5.74, 6) is -0.974. The van der Waals surface area contributed by atoms with Crippen molar-refractivity contribution >= 4 is 23.3 Å². The fraction of sp³-hybridized carbons (Fsp3) is 0.167. The van der Waals surface area contributed by atoms with E-state index in [1.807, 2.05) is 0 Å². The van der Waals surface area contributed by atoms with Crippen molar-refractivity contribution in [2.75, 3.05) is 5.32 Å². The zero-order valence-corrected chi connectivity index (χ0v) is 10.4. The average Bonchev–Trinajstić information content (AvgIpc) is 2.72. The lowest BCUT2D eigenvalue weighted by atomic mass is 10.2. The molecule has 1 unspecified atom stereocenters. The number of imidazole rings is 1. The van der Waals surface area contributed by atoms with E-state index in [-0.39, 0.29) is 0 Å². The van der Waals surface area contributed by atoms with Crippen molar-refractivity contribution in [1.82, 2.24) is 9.55 Å². The summed E-state index contributed by atoms with van der Waals surface area (Å²) in [5.41, 5.74) is 1.22. The van der Waals surface area contributed by atoms with Gasteiger partial charge >= 0.3 is 5.97 Å². The number of carboxylic acid groups (broad SMARTS) is 1. The number of benzene rings is 1. The van der Waals surface area contributed by atoms with Crippen LogP contribution in [0.2, 0.25) is 5.02 Å². The molecule has 0 aliphatic heterocycles. The molecule has 2 aromatic rings. The molecule has 0 aliphatic rings. The number of nitrogens with zero attached hydrogens (tertiary/aromatic N) is 2. The Kier molecular flexibility index (Phi) is 3.53. The zero-order chi connectivity index (χ0) is 13.1. The molecule has 2 rings (SSSR count). The second-order valence-electron chi connectivity index (χ2n) is 3.86. The smallest absolute Gasteiger partial charge is 0.332 e. The van der Waals surface area contributed by atoms with Crippen molar-refractivity contribution in [1.29, 1.82) is 0 Å². The average molecular weight is 266 g/mol. The summed E-state index contributed by atoms with van der Waals surface area (Å²) in [6, 6.07) is 6.06. The Morgan fingerprint density at radius 2 is 2.33 bits per heavy atom. The number of carbonyl (C=O) groups is 1. The predicted octanol–water partition coefficient (Wildman–Crippen LogP) is 2.31. The molecule has 18 heavy (non-hydrogen) atoms. The highest BCUT2D eigenvalue weighted by molar-refractivity contribution is 6.30. The number of anilines is 1. The fourth-order valence-electron chi connectivity index (χ4n) is 1.65. The van der Waals surface area contributed by atoms with Gasteiger partial charge in [0.2, 0.25) is 0 Å². The molecule has 1 heterocycles. The number of aryl methyl sites for hydroxylation is 1. The largest absolute Gasteiger partial charge is 0.479 e. The van der Waals surface area contributed by atoms with Crippen molar-refractivity contribution in [3.8, 4) is 0 Å². The molecule has 2 N–H and O–H groups in total. The van der Waals surface area contributed by atoms with Gasteiger partial charge in [-0.25, -0.2) is 9.78 Å². The van der Waals surface area contributed by atoms with E-state index in [1.165, 1.54) is 6.20 Å². The molecular weight excluding hydrogens is 254 g/mol. The topological polar surface area (TPSA) is 67.2 Å². The van der Waals surface area contributed by atoms with Gasteiger partial charge in [-0.2, -0.15) is 0 Å². The summed E-state index contributed by atoms with van der Waals surface area (Å²) in [5, 5.41) is 12.7. The highest BCUT2D eigenvalue weighted by atomic mass is 35.5. The molecule has 0 saturated carbocycles. The molecule has 6 heteroatoms. The van der Waals surface area contributed by atoms with Crippen molar-refractivity contribution < 1.29 is 9.90 Å². The van der Waals surface area contributed by atoms with E-state index < -0.39 is 12.0 Å². The Hall–Kier alpha value is -2.01. The lowest BCUT2D eigenvalue weighted by Gasteiger charge is -2.16. The molecule has 1 aromatic heterocycles. The summed E-state index contributed by atoms with van der Waals surface area (Å²) < 4.78 is 1.66. The van der Waals surface area contributed by atoms with Crippen LogP contribution in [0.4, 0.5) is 5.69 Å². The van der Waals surface area contributed by atoms with Gasteiger partial charge in [0.05, 0.1) is 18.2 Å². The van der Waals surface area contributed by atoms with Crippen LogP contribution in [-0.4, -0.2) is 20.6 Å². The van der Waals surface area contributed by atoms with Gasteiger partial charge in [0, 0.05) is 17.8 Å². The van der Waals surface area contributed by atoms with Crippen LogP contribution in [0, 0.1) is 0 Å². The predicted molar refractivity (Wildman–Crippen MR) is 68.7 cm³/mol. The third-order valence-corrected chi connectivity index (χ3v) is 2.77. The molecular formula is C12H12ClN3O2. The Morgan fingerprint density at radius 3 is 2.89 bits per heavy atom. The van der Waals surface area contributed by atoms with E-state index >= 15 is 0 Å². The first-order chi connectivity index (χ1) is 8.58. The van der Waals surface area contributed by atoms with Crippen molar-refractivity contribution in [2.45, 2.75) is 6.04 Å². The van der Waals surface area contributed by atoms with E-state index in [2.05, 4.69) is 10.3 Å². The standard InChI is InChI=1S/C12H12ClN3O2/c1-16-7-14-6-10(16)11(12(17)18)15-9-4-2-3-8(13)5-9/h2-7,11,15H,1H3,(H,17,18). The van der Waals surface area contributed by atoms with Crippen molar-refractivity contribution in [3.63, 3.8) is 0 Å². The third-order valence-electron chi connectivity index (χ3n) is 2.53. The Balaban J connectivity index is 2.28. The van der Waals surface area contributed by atoms with Crippen molar-refractivity contribution in [3.05, 3.63) is 47.5 Å². The lowest BCUT2D eigenvalue weighted by molar-refractivity contribution is -0.138. The van der Waals surface area contributed by atoms with Crippen LogP contribution in [0.25, 0.3) is 0 Å². The molecule has 5 nitrogen and oxygen atoms in total. The first-order valence-electron chi connectivity index (χ1n) is 5.29. The number of hydrogen-bond donors (Lipinski definition) is 2. The van der Waals surface area contributed by atoms with Gasteiger partial charge in [-0.1, -0.05) is 17.7 Å². The molecule has 0 radical (unpaired) electrons. The Bertz CT molecular complexity index is 568. The molecule has 0 aliphatic carbocycles. The summed E-state index contributed by atoms with van der Waals surface area (Å²) in [6.45, 7) is 0. The lowest BCUT2D eigenvalue weighted by Crippen LogP contribution is -2.22. The van der Waals surface area contributed by atoms with Crippen LogP contribution in [0.5, 0.6) is 0 Å². The van der Waals surface area contributed by atoms with Crippen LogP contribution < -0.4 is 5.32 Å². The van der Waals surface area contributed by atoms with Gasteiger partial charge in [0.1, 0.15) is 0 Å². The SMILES string of the molecule is Cn1cncc1C(Nc1cccc(Cl)c1)C(=O)O. The van der Waals surface area contributed by atoms with E-state index in [0.717, 1.165) is 0 Å². The molecule has 1 aromatic carbocycles. The van der Waals surface area contributed by atoms with E-state index in [1.54, 1.807) is 42.2 Å². The normalized spacial score (nSPS) is 12.1. The number of hydrogen-bond acceptors (Lipinski definition) is 3. The monoisotopic (exact) mass is 265 g/mol. The minimum absolute atomic E-state index is 0.550. The van der Waals surface area contributed by atoms with E-state index in [0.29, 0.717) is 16.4 Å². The molecule has 94 valence electrons. The van der Waals surface area contributed by atoms with Gasteiger partial charge in [-0.3, -0.25) is 0 Å². The maximum atomic E-state index is 11.3. The van der Waals surface area contributed by atoms with Crippen LogP contribution in [0.3, 0.4) is 0 Å². The minimum Gasteiger partial charge on any atom is -0.479 e. The fourth-order valence-corrected chi connectivity index (χ4v) is 1.84. The maximum Gasteiger partial charge on any atom is 0.332 e. The first-order valence-corrected chi connectivity index (χ1v) is 5.67. The van der Waals surface area contributed by atoms with Gasteiger partial charge in [0.15, 0.2) is 6.04 Å². The Labute approximate surface area is 109 Å². The summed E-state index contributed by atoms with van der Waals surface area (Å²) in [4.78, 5) is 15.2. The molecule has 0 spiro atoms. The summed E-state index contributed by atoms with van der Waals surface area (Å²) in [6.07, 6.45) is 3.08. The van der Waals surface area contributed by atoms with Crippen molar-refractivity contribution in [2.24, 2.45) is 7.05 Å². The van der Waals surface area contributed by atoms with Crippen LogP contribution in [0.15, 0.2) is 36.8 Å². The number of aromatic nitrogens is 2. The maximum absolute atomic E-state index is 11.3. The third kappa shape index (κ3) is 2.62. The number of rotatable bonds is 4. The number of aliphatic carboxylic acids is 1. The highest BCUT2D eigenvalue weighted by Gasteiger charge is 2.22. The van der Waals surface area contributed by atoms with E-state index in [4.69, 9.17) is 11.6 Å². The highest BCUT2D eigenvalue weighted by Crippen LogP contribution is 2.21. The summed E-state index contributed by atoms with van der Waals surface area (Å²) >= 11 is 5.86. The number of nitrogens with one attached hydrogen (secondary N) is 1. The van der Waals surface area contributed by atoms with Crippen LogP contribution >= 0.6 is 11.6 Å². The second kappa shape index (κ2) is 5.10. The quantitative estimate of drug-likeness (QED) is 0.890. The van der Waals surface area contributed by atoms with Gasteiger partial charge in [-0.15, -0.1) is 0 Å². The zero-order valence-electron chi connectivity index (χ0n) is 9.67. The number of carboxylic acids is 1. The Morgan fingerprint density at radius 1 is 1.56 bits per heavy atom. The first kappa shape index (κ1) is 12.4. The molecule has 0 amide bonds. The molecule has 0 saturated heterocycles. The van der Waals surface area contributed by atoms with E-state index in [9.17, 15) is 9.90 Å². The molecule has 0 bridgehead atoms. The molecule has 0 fully saturated rings. The second-order valence-corrected chi connectivity index (χ2v) is 4.29. The molecule has 1 atom stereocenters. The summed E-state index contributed by atoms with van der Waals surface area (Å²) in [7, 11) is 1.75.